The number of nitrogens with zero attached hydrogens (tertiary/aromatic N) is 4. The van der Waals surface area contributed by atoms with Crippen LogP contribution in [-0.2, 0) is 6.54 Å². The van der Waals surface area contributed by atoms with E-state index in [1.54, 1.807) is 6.26 Å². The molecule has 0 unspecified atom stereocenters. The second-order valence-corrected chi connectivity index (χ2v) is 7.62. The van der Waals surface area contributed by atoms with Crippen molar-refractivity contribution in [1.82, 2.24) is 19.8 Å². The lowest BCUT2D eigenvalue weighted by Gasteiger charge is -2.22. The first-order valence-corrected chi connectivity index (χ1v) is 9.85. The summed E-state index contributed by atoms with van der Waals surface area (Å²) in [5.41, 5.74) is 7.76. The van der Waals surface area contributed by atoms with Crippen molar-refractivity contribution in [3.63, 3.8) is 0 Å². The van der Waals surface area contributed by atoms with Crippen LogP contribution < -0.4 is 0 Å². The third-order valence-corrected chi connectivity index (χ3v) is 5.42. The highest BCUT2D eigenvalue weighted by Gasteiger charge is 2.19. The molecule has 0 fully saturated rings. The summed E-state index contributed by atoms with van der Waals surface area (Å²) in [5, 5.41) is 9.08. The molecule has 0 aliphatic carbocycles. The summed E-state index contributed by atoms with van der Waals surface area (Å²) < 4.78 is 7.03. The number of hydrogen-bond donors (Lipinski definition) is 0. The molecule has 1 atom stereocenters. The van der Waals surface area contributed by atoms with Crippen LogP contribution in [0.1, 0.15) is 35.3 Å². The molecule has 2 heterocycles. The molecule has 4 rings (SSSR count). The average molecular weight is 386 g/mol. The maximum atomic E-state index is 5.02. The zero-order chi connectivity index (χ0) is 20.4. The van der Waals surface area contributed by atoms with Crippen molar-refractivity contribution in [2.45, 2.75) is 33.4 Å². The van der Waals surface area contributed by atoms with Gasteiger partial charge in [-0.2, -0.15) is 5.10 Å². The Balaban J connectivity index is 1.73. The molecule has 0 spiro atoms. The van der Waals surface area contributed by atoms with Gasteiger partial charge in [0.15, 0.2) is 0 Å². The van der Waals surface area contributed by atoms with Crippen LogP contribution in [0.4, 0.5) is 0 Å². The minimum Gasteiger partial charge on any atom is -0.364 e. The summed E-state index contributed by atoms with van der Waals surface area (Å²) in [6.45, 7) is 7.12. The van der Waals surface area contributed by atoms with Gasteiger partial charge in [0.25, 0.3) is 0 Å². The molecule has 0 aliphatic heterocycles. The summed E-state index contributed by atoms with van der Waals surface area (Å²) in [4.78, 5) is 2.26. The summed E-state index contributed by atoms with van der Waals surface area (Å²) in [6, 6.07) is 18.9. The first-order valence-electron chi connectivity index (χ1n) is 9.85. The van der Waals surface area contributed by atoms with Gasteiger partial charge in [-0.15, -0.1) is 0 Å². The van der Waals surface area contributed by atoms with Crippen LogP contribution >= 0.6 is 0 Å². The van der Waals surface area contributed by atoms with Crippen molar-refractivity contribution in [3.05, 3.63) is 89.4 Å². The third-order valence-electron chi connectivity index (χ3n) is 5.42. The number of rotatable bonds is 6. The van der Waals surface area contributed by atoms with Crippen molar-refractivity contribution >= 4 is 0 Å². The summed E-state index contributed by atoms with van der Waals surface area (Å²) in [7, 11) is 2.10. The molecule has 5 heteroatoms. The van der Waals surface area contributed by atoms with E-state index < -0.39 is 0 Å². The van der Waals surface area contributed by atoms with Crippen LogP contribution in [0.2, 0.25) is 0 Å². The fourth-order valence-electron chi connectivity index (χ4n) is 3.52. The van der Waals surface area contributed by atoms with Crippen molar-refractivity contribution in [2.24, 2.45) is 0 Å². The van der Waals surface area contributed by atoms with Gasteiger partial charge in [-0.25, -0.2) is 4.68 Å². The van der Waals surface area contributed by atoms with Crippen LogP contribution in [0.25, 0.3) is 16.9 Å². The zero-order valence-corrected chi connectivity index (χ0v) is 17.3. The first-order chi connectivity index (χ1) is 14.0. The van der Waals surface area contributed by atoms with Crippen LogP contribution in [0, 0.1) is 13.8 Å². The highest BCUT2D eigenvalue weighted by Crippen LogP contribution is 2.28. The van der Waals surface area contributed by atoms with Gasteiger partial charge < -0.3 is 4.52 Å². The summed E-state index contributed by atoms with van der Waals surface area (Å²) in [5.74, 6) is 0. The van der Waals surface area contributed by atoms with E-state index in [1.807, 2.05) is 16.8 Å². The molecule has 0 N–H and O–H groups in total. The van der Waals surface area contributed by atoms with Gasteiger partial charge in [-0.1, -0.05) is 47.6 Å². The largest absolute Gasteiger partial charge is 0.364 e. The highest BCUT2D eigenvalue weighted by molar-refractivity contribution is 5.63. The van der Waals surface area contributed by atoms with Gasteiger partial charge in [0.05, 0.1) is 17.4 Å². The minimum atomic E-state index is 0.140. The van der Waals surface area contributed by atoms with Crippen LogP contribution in [-0.4, -0.2) is 26.9 Å². The third kappa shape index (κ3) is 4.00. The second kappa shape index (κ2) is 8.05. The molecule has 2 aromatic carbocycles. The SMILES string of the molecule is Cc1ccc(C)c(-n2cc(CN(C)[C@@H](C)c3ccon3)c(-c3ccccc3)n2)c1. The van der Waals surface area contributed by atoms with Gasteiger partial charge in [-0.3, -0.25) is 4.90 Å². The monoisotopic (exact) mass is 386 g/mol. The van der Waals surface area contributed by atoms with Crippen LogP contribution in [0.5, 0.6) is 0 Å². The second-order valence-electron chi connectivity index (χ2n) is 7.62. The average Bonchev–Trinajstić information content (AvgIpc) is 3.40. The molecule has 0 radical (unpaired) electrons. The van der Waals surface area contributed by atoms with E-state index in [2.05, 4.69) is 86.5 Å². The van der Waals surface area contributed by atoms with Gasteiger partial charge in [0.1, 0.15) is 12.0 Å². The molecule has 148 valence electrons. The lowest BCUT2D eigenvalue weighted by Crippen LogP contribution is -2.22. The molecule has 2 aromatic heterocycles. The fraction of sp³-hybridized carbons (Fsp3) is 0.250. The minimum absolute atomic E-state index is 0.140. The summed E-state index contributed by atoms with van der Waals surface area (Å²) >= 11 is 0. The van der Waals surface area contributed by atoms with E-state index in [0.717, 1.165) is 29.2 Å². The van der Waals surface area contributed by atoms with E-state index in [1.165, 1.54) is 16.7 Å². The smallest absolute Gasteiger partial charge is 0.124 e. The normalized spacial score (nSPS) is 12.4. The Bertz CT molecular complexity index is 1080. The molecule has 0 amide bonds. The van der Waals surface area contributed by atoms with E-state index in [9.17, 15) is 0 Å². The quantitative estimate of drug-likeness (QED) is 0.449. The number of aromatic nitrogens is 3. The van der Waals surface area contributed by atoms with Crippen LogP contribution in [0.3, 0.4) is 0 Å². The Morgan fingerprint density at radius 3 is 2.59 bits per heavy atom. The molecule has 4 aromatic rings. The summed E-state index contributed by atoms with van der Waals surface area (Å²) in [6.07, 6.45) is 3.77. The van der Waals surface area contributed by atoms with Crippen LogP contribution in [0.15, 0.2) is 71.6 Å². The van der Waals surface area contributed by atoms with E-state index >= 15 is 0 Å². The number of aryl methyl sites for hydroxylation is 2. The molecule has 0 aliphatic rings. The maximum Gasteiger partial charge on any atom is 0.124 e. The molecule has 0 saturated heterocycles. The van der Waals surface area contributed by atoms with Gasteiger partial charge in [0.2, 0.25) is 0 Å². The van der Waals surface area contributed by atoms with Gasteiger partial charge in [-0.05, 0) is 45.0 Å². The molecule has 5 nitrogen and oxygen atoms in total. The molecule has 0 bridgehead atoms. The van der Waals surface area contributed by atoms with Crippen molar-refractivity contribution in [2.75, 3.05) is 7.05 Å². The van der Waals surface area contributed by atoms with E-state index in [-0.39, 0.29) is 6.04 Å². The highest BCUT2D eigenvalue weighted by atomic mass is 16.5. The molecule has 0 saturated carbocycles. The van der Waals surface area contributed by atoms with Gasteiger partial charge in [0, 0.05) is 29.9 Å². The van der Waals surface area contributed by atoms with Crippen molar-refractivity contribution in [1.29, 1.82) is 0 Å². The number of hydrogen-bond acceptors (Lipinski definition) is 4. The predicted molar refractivity (Wildman–Crippen MR) is 115 cm³/mol. The lowest BCUT2D eigenvalue weighted by molar-refractivity contribution is 0.241. The van der Waals surface area contributed by atoms with E-state index in [0.29, 0.717) is 0 Å². The topological polar surface area (TPSA) is 47.1 Å². The molecular weight excluding hydrogens is 360 g/mol. The Morgan fingerprint density at radius 2 is 1.86 bits per heavy atom. The fourth-order valence-corrected chi connectivity index (χ4v) is 3.52. The standard InChI is InChI=1S/C24H26N4O/c1-17-10-11-18(2)23(14-17)28-16-21(24(25-28)20-8-6-5-7-9-20)15-27(4)19(3)22-12-13-29-26-22/h5-14,16,19H,15H2,1-4H3/t19-/m0/s1. The van der Waals surface area contributed by atoms with E-state index in [4.69, 9.17) is 9.62 Å². The van der Waals surface area contributed by atoms with Crippen molar-refractivity contribution in [3.8, 4) is 16.9 Å². The zero-order valence-electron chi connectivity index (χ0n) is 17.3. The Labute approximate surface area is 171 Å². The maximum absolute atomic E-state index is 5.02. The van der Waals surface area contributed by atoms with Crippen molar-refractivity contribution < 1.29 is 4.52 Å². The predicted octanol–water partition coefficient (Wildman–Crippen LogP) is 5.34. The molecule has 29 heavy (non-hydrogen) atoms. The van der Waals surface area contributed by atoms with Gasteiger partial charge >= 0.3 is 0 Å². The number of benzene rings is 2. The Hall–Kier alpha value is -3.18. The molecular formula is C24H26N4O. The first kappa shape index (κ1) is 19.2. The lowest BCUT2D eigenvalue weighted by atomic mass is 10.1. The Morgan fingerprint density at radius 1 is 1.07 bits per heavy atom. The Kier molecular flexibility index (Phi) is 5.32.